The Morgan fingerprint density at radius 1 is 1.16 bits per heavy atom. The molecule has 164 valence electrons. The number of anilines is 2. The number of carbonyl (C=O) groups is 2. The van der Waals surface area contributed by atoms with Crippen LogP contribution in [0.5, 0.6) is 0 Å². The molecule has 3 aromatic rings. The zero-order valence-corrected chi connectivity index (χ0v) is 18.4. The lowest BCUT2D eigenvalue weighted by atomic mass is 10.2. The molecule has 3 heterocycles. The lowest BCUT2D eigenvalue weighted by Crippen LogP contribution is -2.25. The van der Waals surface area contributed by atoms with Crippen LogP contribution in [0, 0.1) is 0 Å². The van der Waals surface area contributed by atoms with Crippen molar-refractivity contribution in [1.82, 2.24) is 10.3 Å². The number of benzene rings is 2. The van der Waals surface area contributed by atoms with E-state index in [0.717, 1.165) is 52.3 Å². The fourth-order valence-electron chi connectivity index (χ4n) is 4.00. The number of aromatic nitrogens is 1. The summed E-state index contributed by atoms with van der Waals surface area (Å²) in [4.78, 5) is 31.4. The van der Waals surface area contributed by atoms with Gasteiger partial charge in [0.25, 0.3) is 0 Å². The molecule has 2 aliphatic heterocycles. The maximum absolute atomic E-state index is 12.4. The van der Waals surface area contributed by atoms with Gasteiger partial charge in [-0.05, 0) is 49.7 Å². The highest BCUT2D eigenvalue weighted by atomic mass is 32.2. The van der Waals surface area contributed by atoms with Crippen molar-refractivity contribution in [2.45, 2.75) is 30.4 Å². The number of hydrogen-bond donors (Lipinski definition) is 2. The van der Waals surface area contributed by atoms with Crippen molar-refractivity contribution in [3.05, 3.63) is 60.3 Å². The highest BCUT2D eigenvalue weighted by Crippen LogP contribution is 2.35. The van der Waals surface area contributed by atoms with Gasteiger partial charge in [-0.1, -0.05) is 24.3 Å². The van der Waals surface area contributed by atoms with E-state index in [0.29, 0.717) is 18.8 Å². The molecule has 0 bridgehead atoms. The molecule has 7 nitrogen and oxygen atoms in total. The fourth-order valence-corrected chi connectivity index (χ4v) is 4.79. The normalized spacial score (nSPS) is 17.9. The number of para-hydroxylation sites is 1. The van der Waals surface area contributed by atoms with Crippen LogP contribution < -0.4 is 15.5 Å². The van der Waals surface area contributed by atoms with Crippen LogP contribution in [0.25, 0.3) is 10.9 Å². The molecule has 32 heavy (non-hydrogen) atoms. The SMILES string of the molecule is O=C1CSc2ccc(N3CC(CCCNCc4ccc5ccccc5n4)OC3=O)cc2N1. The summed E-state index contributed by atoms with van der Waals surface area (Å²) in [7, 11) is 0. The monoisotopic (exact) mass is 448 g/mol. The maximum atomic E-state index is 12.4. The van der Waals surface area contributed by atoms with Crippen LogP contribution in [-0.2, 0) is 16.1 Å². The van der Waals surface area contributed by atoms with Gasteiger partial charge in [0, 0.05) is 22.5 Å². The Hall–Kier alpha value is -3.10. The average molecular weight is 449 g/mol. The van der Waals surface area contributed by atoms with Crippen molar-refractivity contribution < 1.29 is 14.3 Å². The fraction of sp³-hybridized carbons (Fsp3) is 0.292. The van der Waals surface area contributed by atoms with Crippen molar-refractivity contribution in [1.29, 1.82) is 0 Å². The molecule has 2 N–H and O–H groups in total. The topological polar surface area (TPSA) is 83.6 Å². The molecule has 2 aliphatic rings. The van der Waals surface area contributed by atoms with Crippen LogP contribution in [0.15, 0.2) is 59.5 Å². The Morgan fingerprint density at radius 2 is 2.06 bits per heavy atom. The Labute approximate surface area is 190 Å². The Bertz CT molecular complexity index is 1170. The molecule has 2 aromatic carbocycles. The first kappa shape index (κ1) is 20.8. The summed E-state index contributed by atoms with van der Waals surface area (Å²) in [5.74, 6) is 0.401. The van der Waals surface area contributed by atoms with Gasteiger partial charge in [0.05, 0.1) is 29.2 Å². The zero-order chi connectivity index (χ0) is 21.9. The first-order chi connectivity index (χ1) is 15.7. The molecule has 1 aromatic heterocycles. The van der Waals surface area contributed by atoms with Crippen molar-refractivity contribution in [2.24, 2.45) is 0 Å². The number of rotatable bonds is 7. The molecular weight excluding hydrogens is 424 g/mol. The number of hydrogen-bond acceptors (Lipinski definition) is 6. The predicted octanol–water partition coefficient (Wildman–Crippen LogP) is 4.17. The minimum absolute atomic E-state index is 0.0204. The number of cyclic esters (lactones) is 1. The van der Waals surface area contributed by atoms with Crippen LogP contribution in [0.1, 0.15) is 18.5 Å². The van der Waals surface area contributed by atoms with Gasteiger partial charge in [0.15, 0.2) is 0 Å². The first-order valence-electron chi connectivity index (χ1n) is 10.8. The third kappa shape index (κ3) is 4.56. The van der Waals surface area contributed by atoms with Gasteiger partial charge in [0.1, 0.15) is 6.10 Å². The first-order valence-corrected chi connectivity index (χ1v) is 11.7. The highest BCUT2D eigenvalue weighted by molar-refractivity contribution is 8.00. The molecule has 0 radical (unpaired) electrons. The van der Waals surface area contributed by atoms with E-state index in [-0.39, 0.29) is 18.1 Å². The Kier molecular flexibility index (Phi) is 5.96. The van der Waals surface area contributed by atoms with Crippen molar-refractivity contribution in [2.75, 3.05) is 29.1 Å². The molecule has 0 saturated carbocycles. The Morgan fingerprint density at radius 3 is 3.00 bits per heavy atom. The van der Waals surface area contributed by atoms with E-state index < -0.39 is 0 Å². The van der Waals surface area contributed by atoms with Gasteiger partial charge in [-0.15, -0.1) is 11.8 Å². The third-order valence-corrected chi connectivity index (χ3v) is 6.70. The minimum atomic E-state index is -0.335. The van der Waals surface area contributed by atoms with E-state index in [1.54, 1.807) is 4.90 Å². The van der Waals surface area contributed by atoms with Gasteiger partial charge in [0.2, 0.25) is 5.91 Å². The van der Waals surface area contributed by atoms with Gasteiger partial charge < -0.3 is 15.4 Å². The summed E-state index contributed by atoms with van der Waals surface area (Å²) in [6.07, 6.45) is 1.22. The summed E-state index contributed by atoms with van der Waals surface area (Å²) < 4.78 is 5.56. The molecule has 0 spiro atoms. The number of ether oxygens (including phenoxy) is 1. The lowest BCUT2D eigenvalue weighted by Gasteiger charge is -2.20. The maximum Gasteiger partial charge on any atom is 0.414 e. The smallest absolute Gasteiger partial charge is 0.414 e. The molecule has 2 amide bonds. The van der Waals surface area contributed by atoms with E-state index in [2.05, 4.69) is 27.8 Å². The predicted molar refractivity (Wildman–Crippen MR) is 126 cm³/mol. The van der Waals surface area contributed by atoms with Gasteiger partial charge in [-0.2, -0.15) is 0 Å². The van der Waals surface area contributed by atoms with Gasteiger partial charge in [-0.3, -0.25) is 14.7 Å². The van der Waals surface area contributed by atoms with E-state index in [1.807, 2.05) is 42.5 Å². The number of fused-ring (bicyclic) bond motifs is 2. The van der Waals surface area contributed by atoms with Crippen molar-refractivity contribution in [3.8, 4) is 0 Å². The number of thioether (sulfide) groups is 1. The van der Waals surface area contributed by atoms with Gasteiger partial charge >= 0.3 is 6.09 Å². The minimum Gasteiger partial charge on any atom is -0.444 e. The molecule has 8 heteroatoms. The van der Waals surface area contributed by atoms with Crippen molar-refractivity contribution >= 4 is 46.0 Å². The second-order valence-electron chi connectivity index (χ2n) is 7.95. The second kappa shape index (κ2) is 9.18. The molecule has 0 aliphatic carbocycles. The number of amides is 2. The summed E-state index contributed by atoms with van der Waals surface area (Å²) in [5, 5.41) is 7.44. The summed E-state index contributed by atoms with van der Waals surface area (Å²) in [5.41, 5.74) is 3.52. The highest BCUT2D eigenvalue weighted by Gasteiger charge is 2.32. The number of nitrogens with zero attached hydrogens (tertiary/aromatic N) is 2. The molecular formula is C24H24N4O3S. The quantitative estimate of drug-likeness (QED) is 0.528. The molecule has 1 fully saturated rings. The van der Waals surface area contributed by atoms with Crippen LogP contribution >= 0.6 is 11.8 Å². The number of carbonyl (C=O) groups excluding carboxylic acids is 2. The van der Waals surface area contributed by atoms with Crippen LogP contribution in [0.3, 0.4) is 0 Å². The summed E-state index contributed by atoms with van der Waals surface area (Å²) in [6, 6.07) is 17.9. The number of pyridine rings is 1. The Balaban J connectivity index is 1.10. The number of nitrogens with one attached hydrogen (secondary N) is 2. The van der Waals surface area contributed by atoms with Crippen LogP contribution in [0.4, 0.5) is 16.2 Å². The van der Waals surface area contributed by atoms with Crippen molar-refractivity contribution in [3.63, 3.8) is 0 Å². The van der Waals surface area contributed by atoms with E-state index in [4.69, 9.17) is 4.74 Å². The zero-order valence-electron chi connectivity index (χ0n) is 17.5. The molecule has 1 atom stereocenters. The summed E-state index contributed by atoms with van der Waals surface area (Å²) >= 11 is 1.51. The van der Waals surface area contributed by atoms with Crippen LogP contribution in [-0.4, -0.2) is 41.9 Å². The standard InChI is InChI=1S/C24H24N4O3S/c29-23-15-32-22-10-9-18(12-21(22)27-23)28-14-19(31-24(28)30)5-3-11-25-13-17-8-7-16-4-1-2-6-20(16)26-17/h1-2,4,6-10,12,19,25H,3,5,11,13-15H2,(H,27,29). The summed E-state index contributed by atoms with van der Waals surface area (Å²) in [6.45, 7) is 2.05. The molecule has 1 unspecified atom stereocenters. The van der Waals surface area contributed by atoms with E-state index in [9.17, 15) is 9.59 Å². The molecule has 1 saturated heterocycles. The average Bonchev–Trinajstić information content (AvgIpc) is 3.18. The van der Waals surface area contributed by atoms with Crippen LogP contribution in [0.2, 0.25) is 0 Å². The van der Waals surface area contributed by atoms with E-state index >= 15 is 0 Å². The second-order valence-corrected chi connectivity index (χ2v) is 8.97. The largest absolute Gasteiger partial charge is 0.444 e. The van der Waals surface area contributed by atoms with Gasteiger partial charge in [-0.25, -0.2) is 4.79 Å². The lowest BCUT2D eigenvalue weighted by molar-refractivity contribution is -0.113. The molecule has 5 rings (SSSR count). The van der Waals surface area contributed by atoms with E-state index in [1.165, 1.54) is 11.8 Å². The third-order valence-electron chi connectivity index (χ3n) is 5.62.